The highest BCUT2D eigenvalue weighted by Gasteiger charge is 2.62. The van der Waals surface area contributed by atoms with Crippen molar-refractivity contribution < 1.29 is 32.6 Å². The Morgan fingerprint density at radius 2 is 2.08 bits per heavy atom. The van der Waals surface area contributed by atoms with Crippen molar-refractivity contribution in [1.29, 1.82) is 0 Å². The molecule has 1 atom stereocenters. The summed E-state index contributed by atoms with van der Waals surface area (Å²) in [4.78, 5) is 23.4. The summed E-state index contributed by atoms with van der Waals surface area (Å²) < 4.78 is 44.8. The summed E-state index contributed by atoms with van der Waals surface area (Å²) in [6.07, 6.45) is -4.82. The molecule has 0 aromatic heterocycles. The van der Waals surface area contributed by atoms with Crippen molar-refractivity contribution in [2.75, 3.05) is 6.61 Å². The normalized spacial score (nSPS) is 20.4. The fraction of sp³-hybridized carbons (Fsp3) is 0.286. The molecular weight excluding hydrogens is 397 g/mol. The molecule has 1 aliphatic rings. The van der Waals surface area contributed by atoms with Gasteiger partial charge in [0, 0.05) is 16.1 Å². The van der Waals surface area contributed by atoms with E-state index in [0.29, 0.717) is 10.5 Å². The Morgan fingerprint density at radius 3 is 2.62 bits per heavy atom. The van der Waals surface area contributed by atoms with Crippen LogP contribution in [0.3, 0.4) is 0 Å². The summed E-state index contributed by atoms with van der Waals surface area (Å²) in [5, 5.41) is 9.80. The smallest absolute Gasteiger partial charge is 0.442 e. The van der Waals surface area contributed by atoms with E-state index in [1.807, 2.05) is 0 Å². The molecule has 0 saturated carbocycles. The van der Waals surface area contributed by atoms with Crippen LogP contribution in [-0.4, -0.2) is 40.5 Å². The molecular formula is C14H12BrF3N2O4. The highest BCUT2D eigenvalue weighted by molar-refractivity contribution is 9.10. The van der Waals surface area contributed by atoms with Gasteiger partial charge in [0.15, 0.2) is 0 Å². The number of hydrogen-bond donors (Lipinski definition) is 2. The number of hydrazine groups is 1. The van der Waals surface area contributed by atoms with Gasteiger partial charge in [-0.2, -0.15) is 13.2 Å². The predicted octanol–water partition coefficient (Wildman–Crippen LogP) is 1.95. The van der Waals surface area contributed by atoms with Crippen LogP contribution in [0.5, 0.6) is 0 Å². The number of esters is 1. The molecule has 1 amide bonds. The first kappa shape index (κ1) is 18.3. The van der Waals surface area contributed by atoms with Crippen LogP contribution in [0.1, 0.15) is 12.5 Å². The molecule has 1 heterocycles. The minimum atomic E-state index is -5.24. The first-order valence-corrected chi connectivity index (χ1v) is 7.45. The fourth-order valence-corrected chi connectivity index (χ4v) is 2.41. The van der Waals surface area contributed by atoms with Crippen molar-refractivity contribution in [1.82, 2.24) is 10.4 Å². The number of nitrogens with zero attached hydrogens (tertiary/aromatic N) is 1. The lowest BCUT2D eigenvalue weighted by Gasteiger charge is -2.32. The maximum Gasteiger partial charge on any atom is 0.442 e. The molecule has 0 fully saturated rings. The molecule has 0 bridgehead atoms. The number of hydrogen-bond acceptors (Lipinski definition) is 5. The van der Waals surface area contributed by atoms with Crippen molar-refractivity contribution in [3.05, 3.63) is 40.4 Å². The van der Waals surface area contributed by atoms with E-state index in [0.717, 1.165) is 0 Å². The first-order chi connectivity index (χ1) is 11.1. The van der Waals surface area contributed by atoms with Crippen LogP contribution in [0.25, 0.3) is 5.70 Å². The molecule has 1 aromatic rings. The van der Waals surface area contributed by atoms with Gasteiger partial charge in [0.05, 0.1) is 12.3 Å². The molecule has 1 aromatic carbocycles. The van der Waals surface area contributed by atoms with Crippen LogP contribution < -0.4 is 5.43 Å². The Kier molecular flexibility index (Phi) is 4.90. The number of carbonyl (C=O) groups is 2. The van der Waals surface area contributed by atoms with Crippen LogP contribution >= 0.6 is 15.9 Å². The predicted molar refractivity (Wildman–Crippen MR) is 79.7 cm³/mol. The van der Waals surface area contributed by atoms with E-state index in [-0.39, 0.29) is 22.9 Å². The quantitative estimate of drug-likeness (QED) is 0.577. The van der Waals surface area contributed by atoms with Crippen molar-refractivity contribution in [2.24, 2.45) is 0 Å². The summed E-state index contributed by atoms with van der Waals surface area (Å²) in [5.41, 5.74) is -1.48. The molecule has 0 saturated heterocycles. The number of halogens is 4. The van der Waals surface area contributed by atoms with E-state index in [1.165, 1.54) is 19.1 Å². The number of nitrogens with one attached hydrogen (secondary N) is 1. The summed E-state index contributed by atoms with van der Waals surface area (Å²) in [6, 6.07) is 6.16. The second-order valence-electron chi connectivity index (χ2n) is 4.77. The number of alkyl halides is 3. The molecule has 24 heavy (non-hydrogen) atoms. The van der Waals surface area contributed by atoms with E-state index >= 15 is 0 Å². The Balaban J connectivity index is 2.44. The Labute approximate surface area is 143 Å². The third-order valence-corrected chi connectivity index (χ3v) is 3.62. The molecule has 0 spiro atoms. The molecule has 0 aliphatic carbocycles. The van der Waals surface area contributed by atoms with Crippen LogP contribution in [-0.2, 0) is 14.3 Å². The fourth-order valence-electron chi connectivity index (χ4n) is 2.01. The van der Waals surface area contributed by atoms with Gasteiger partial charge in [0.1, 0.15) is 0 Å². The monoisotopic (exact) mass is 408 g/mol. The molecule has 0 radical (unpaired) electrons. The average Bonchev–Trinajstić information content (AvgIpc) is 2.86. The third kappa shape index (κ3) is 3.24. The minimum Gasteiger partial charge on any atom is -0.459 e. The number of amides is 1. The zero-order chi connectivity index (χ0) is 18.1. The molecule has 1 aliphatic heterocycles. The van der Waals surface area contributed by atoms with E-state index in [2.05, 4.69) is 26.1 Å². The Hall–Kier alpha value is -2.07. The molecule has 2 rings (SSSR count). The number of ether oxygens (including phenoxy) is 1. The first-order valence-electron chi connectivity index (χ1n) is 6.66. The highest BCUT2D eigenvalue weighted by atomic mass is 79.9. The maximum atomic E-state index is 13.3. The molecule has 0 unspecified atom stereocenters. The van der Waals surface area contributed by atoms with Gasteiger partial charge in [0.25, 0.3) is 5.72 Å². The molecule has 10 heteroatoms. The molecule has 6 nitrogen and oxygen atoms in total. The van der Waals surface area contributed by atoms with Gasteiger partial charge >= 0.3 is 18.1 Å². The summed E-state index contributed by atoms with van der Waals surface area (Å²) >= 11 is 3.17. The van der Waals surface area contributed by atoms with Gasteiger partial charge in [-0.15, -0.1) is 0 Å². The van der Waals surface area contributed by atoms with Crippen LogP contribution in [0.4, 0.5) is 13.2 Å². The van der Waals surface area contributed by atoms with Gasteiger partial charge in [0.2, 0.25) is 0 Å². The van der Waals surface area contributed by atoms with Gasteiger partial charge in [-0.25, -0.2) is 9.80 Å². The van der Waals surface area contributed by atoms with Crippen LogP contribution in [0, 0.1) is 0 Å². The largest absolute Gasteiger partial charge is 0.459 e. The van der Waals surface area contributed by atoms with Crippen molar-refractivity contribution in [2.45, 2.75) is 18.8 Å². The van der Waals surface area contributed by atoms with E-state index in [9.17, 15) is 27.9 Å². The average molecular weight is 409 g/mol. The van der Waals surface area contributed by atoms with Crippen molar-refractivity contribution in [3.63, 3.8) is 0 Å². The van der Waals surface area contributed by atoms with Gasteiger partial charge in [-0.05, 0) is 19.1 Å². The second-order valence-corrected chi connectivity index (χ2v) is 5.68. The zero-order valence-corrected chi connectivity index (χ0v) is 13.8. The summed E-state index contributed by atoms with van der Waals surface area (Å²) in [7, 11) is 0. The maximum absolute atomic E-state index is 13.3. The summed E-state index contributed by atoms with van der Waals surface area (Å²) in [6.45, 7) is 1.19. The molecule has 2 N–H and O–H groups in total. The van der Waals surface area contributed by atoms with E-state index < -0.39 is 23.8 Å². The van der Waals surface area contributed by atoms with Crippen LogP contribution in [0.15, 0.2) is 34.8 Å². The van der Waals surface area contributed by atoms with Crippen molar-refractivity contribution >= 4 is 33.5 Å². The molecule has 130 valence electrons. The summed E-state index contributed by atoms with van der Waals surface area (Å²) in [5.74, 6) is -3.19. The lowest BCUT2D eigenvalue weighted by Crippen LogP contribution is -2.62. The third-order valence-electron chi connectivity index (χ3n) is 3.12. The van der Waals surface area contributed by atoms with Crippen molar-refractivity contribution in [3.8, 4) is 0 Å². The number of rotatable bonds is 2. The zero-order valence-electron chi connectivity index (χ0n) is 12.2. The lowest BCUT2D eigenvalue weighted by molar-refractivity contribution is -0.288. The van der Waals surface area contributed by atoms with E-state index in [1.54, 1.807) is 12.1 Å². The SMILES string of the molecule is CCOC(=O)C(=O)N1NC(c2cccc(Br)c2)=C[C@]1(O)C(F)(F)F. The highest BCUT2D eigenvalue weighted by Crippen LogP contribution is 2.40. The Bertz CT molecular complexity index is 708. The van der Waals surface area contributed by atoms with Crippen LogP contribution in [0.2, 0.25) is 0 Å². The number of carbonyl (C=O) groups excluding carboxylic acids is 2. The minimum absolute atomic E-state index is 0.186. The topological polar surface area (TPSA) is 78.9 Å². The number of benzene rings is 1. The number of aliphatic hydroxyl groups is 1. The second kappa shape index (κ2) is 6.44. The van der Waals surface area contributed by atoms with Gasteiger partial charge in [-0.1, -0.05) is 28.1 Å². The van der Waals surface area contributed by atoms with Gasteiger partial charge in [-0.3, -0.25) is 10.2 Å². The lowest BCUT2D eigenvalue weighted by atomic mass is 10.1. The Morgan fingerprint density at radius 1 is 1.42 bits per heavy atom. The van der Waals surface area contributed by atoms with Gasteiger partial charge < -0.3 is 9.84 Å². The standard InChI is InChI=1S/C14H12BrF3N2O4/c1-2-24-12(22)11(21)20-13(23,14(16,17)18)7-10(19-20)8-4-3-5-9(15)6-8/h3-7,19,23H,2H2,1H3/t13-/m0/s1. The van der Waals surface area contributed by atoms with E-state index in [4.69, 9.17) is 0 Å².